The minimum absolute atomic E-state index is 0.566. The molecule has 1 fully saturated rings. The fourth-order valence-electron chi connectivity index (χ4n) is 1.92. The molecule has 0 aromatic rings. The lowest BCUT2D eigenvalue weighted by Crippen LogP contribution is -2.22. The van der Waals surface area contributed by atoms with E-state index in [4.69, 9.17) is 4.74 Å². The average molecular weight is 199 g/mol. The van der Waals surface area contributed by atoms with E-state index in [0.717, 1.165) is 6.61 Å². The van der Waals surface area contributed by atoms with Crippen LogP contribution in [0.3, 0.4) is 0 Å². The number of hydrogen-bond acceptors (Lipinski definition) is 2. The Labute approximate surface area is 88.4 Å². The highest BCUT2D eigenvalue weighted by Gasteiger charge is 2.12. The third kappa shape index (κ3) is 5.61. The standard InChI is InChI=1S/C12H25NO/c1-2-3-9-13-10-6-8-12-7-4-5-11-14-12/h12-13H,2-11H2,1H3. The third-order valence-electron chi connectivity index (χ3n) is 2.86. The van der Waals surface area contributed by atoms with Gasteiger partial charge in [-0.15, -0.1) is 0 Å². The molecule has 14 heavy (non-hydrogen) atoms. The van der Waals surface area contributed by atoms with E-state index in [0.29, 0.717) is 6.10 Å². The Kier molecular flexibility index (Phi) is 7.06. The van der Waals surface area contributed by atoms with Gasteiger partial charge in [-0.3, -0.25) is 0 Å². The normalized spacial score (nSPS) is 22.5. The smallest absolute Gasteiger partial charge is 0.0575 e. The Morgan fingerprint density at radius 1 is 1.21 bits per heavy atom. The molecule has 1 N–H and O–H groups in total. The molecular weight excluding hydrogens is 174 g/mol. The first-order chi connectivity index (χ1) is 6.93. The molecule has 1 aliphatic rings. The summed E-state index contributed by atoms with van der Waals surface area (Å²) in [6, 6.07) is 0. The van der Waals surface area contributed by atoms with Crippen molar-refractivity contribution in [3.8, 4) is 0 Å². The second-order valence-electron chi connectivity index (χ2n) is 4.23. The summed E-state index contributed by atoms with van der Waals surface area (Å²) in [5.74, 6) is 0. The summed E-state index contributed by atoms with van der Waals surface area (Å²) < 4.78 is 5.68. The van der Waals surface area contributed by atoms with Gasteiger partial charge in [0.05, 0.1) is 6.10 Å². The number of ether oxygens (including phenoxy) is 1. The highest BCUT2D eigenvalue weighted by atomic mass is 16.5. The van der Waals surface area contributed by atoms with E-state index in [1.54, 1.807) is 0 Å². The Morgan fingerprint density at radius 3 is 2.79 bits per heavy atom. The number of nitrogens with one attached hydrogen (secondary N) is 1. The monoisotopic (exact) mass is 199 g/mol. The zero-order valence-electron chi connectivity index (χ0n) is 9.56. The van der Waals surface area contributed by atoms with Gasteiger partial charge in [0.15, 0.2) is 0 Å². The van der Waals surface area contributed by atoms with Crippen LogP contribution in [0.15, 0.2) is 0 Å². The van der Waals surface area contributed by atoms with Crippen LogP contribution in [0.2, 0.25) is 0 Å². The Morgan fingerprint density at radius 2 is 2.07 bits per heavy atom. The molecule has 0 aliphatic carbocycles. The van der Waals surface area contributed by atoms with Crippen molar-refractivity contribution in [2.24, 2.45) is 0 Å². The highest BCUT2D eigenvalue weighted by Crippen LogP contribution is 2.16. The molecule has 0 amide bonds. The molecule has 0 bridgehead atoms. The van der Waals surface area contributed by atoms with Crippen molar-refractivity contribution < 1.29 is 4.74 Å². The number of rotatable bonds is 7. The molecule has 1 atom stereocenters. The summed E-state index contributed by atoms with van der Waals surface area (Å²) in [5, 5.41) is 3.47. The summed E-state index contributed by atoms with van der Waals surface area (Å²) in [5.41, 5.74) is 0. The minimum atomic E-state index is 0.566. The third-order valence-corrected chi connectivity index (χ3v) is 2.86. The second kappa shape index (κ2) is 8.25. The Hall–Kier alpha value is -0.0800. The first-order valence-electron chi connectivity index (χ1n) is 6.26. The zero-order chi connectivity index (χ0) is 10.1. The molecule has 2 nitrogen and oxygen atoms in total. The molecule has 1 rings (SSSR count). The van der Waals surface area contributed by atoms with Gasteiger partial charge in [0, 0.05) is 6.61 Å². The lowest BCUT2D eigenvalue weighted by atomic mass is 10.0. The van der Waals surface area contributed by atoms with Crippen molar-refractivity contribution >= 4 is 0 Å². The number of hydrogen-bond donors (Lipinski definition) is 1. The molecule has 0 spiro atoms. The van der Waals surface area contributed by atoms with Gasteiger partial charge in [-0.05, 0) is 51.6 Å². The van der Waals surface area contributed by atoms with Crippen molar-refractivity contribution in [1.29, 1.82) is 0 Å². The van der Waals surface area contributed by atoms with E-state index >= 15 is 0 Å². The first-order valence-corrected chi connectivity index (χ1v) is 6.26. The molecule has 0 aromatic heterocycles. The van der Waals surface area contributed by atoms with Gasteiger partial charge in [-0.2, -0.15) is 0 Å². The van der Waals surface area contributed by atoms with Crippen LogP contribution in [0.1, 0.15) is 51.9 Å². The van der Waals surface area contributed by atoms with Crippen molar-refractivity contribution in [2.75, 3.05) is 19.7 Å². The molecule has 2 heteroatoms. The van der Waals surface area contributed by atoms with Crippen LogP contribution in [0.25, 0.3) is 0 Å². The molecule has 1 heterocycles. The molecule has 1 aliphatic heterocycles. The van der Waals surface area contributed by atoms with Crippen molar-refractivity contribution in [3.05, 3.63) is 0 Å². The van der Waals surface area contributed by atoms with E-state index in [2.05, 4.69) is 12.2 Å². The lowest BCUT2D eigenvalue weighted by Gasteiger charge is -2.22. The van der Waals surface area contributed by atoms with Crippen molar-refractivity contribution in [2.45, 2.75) is 58.0 Å². The van der Waals surface area contributed by atoms with E-state index in [1.165, 1.54) is 58.0 Å². The summed E-state index contributed by atoms with van der Waals surface area (Å²) >= 11 is 0. The van der Waals surface area contributed by atoms with Crippen LogP contribution in [-0.2, 0) is 4.74 Å². The summed E-state index contributed by atoms with van der Waals surface area (Å²) in [6.07, 6.45) is 9.61. The predicted molar refractivity (Wildman–Crippen MR) is 60.6 cm³/mol. The Balaban J connectivity index is 1.82. The fraction of sp³-hybridized carbons (Fsp3) is 1.00. The second-order valence-corrected chi connectivity index (χ2v) is 4.23. The van der Waals surface area contributed by atoms with Gasteiger partial charge in [0.25, 0.3) is 0 Å². The van der Waals surface area contributed by atoms with Crippen molar-refractivity contribution in [3.63, 3.8) is 0 Å². The molecule has 0 aromatic carbocycles. The van der Waals surface area contributed by atoms with Gasteiger partial charge < -0.3 is 10.1 Å². The molecular formula is C12H25NO. The summed E-state index contributed by atoms with van der Waals surface area (Å²) in [4.78, 5) is 0. The molecule has 1 unspecified atom stereocenters. The van der Waals surface area contributed by atoms with E-state index in [-0.39, 0.29) is 0 Å². The minimum Gasteiger partial charge on any atom is -0.378 e. The predicted octanol–water partition coefficient (Wildman–Crippen LogP) is 2.73. The quantitative estimate of drug-likeness (QED) is 0.637. The van der Waals surface area contributed by atoms with Gasteiger partial charge in [0.1, 0.15) is 0 Å². The molecule has 0 saturated carbocycles. The topological polar surface area (TPSA) is 21.3 Å². The highest BCUT2D eigenvalue weighted by molar-refractivity contribution is 4.64. The lowest BCUT2D eigenvalue weighted by molar-refractivity contribution is 0.0102. The summed E-state index contributed by atoms with van der Waals surface area (Å²) in [6.45, 7) is 5.58. The maximum absolute atomic E-state index is 5.68. The van der Waals surface area contributed by atoms with E-state index in [9.17, 15) is 0 Å². The molecule has 84 valence electrons. The maximum atomic E-state index is 5.68. The largest absolute Gasteiger partial charge is 0.378 e. The van der Waals surface area contributed by atoms with Gasteiger partial charge in [-0.25, -0.2) is 0 Å². The van der Waals surface area contributed by atoms with Crippen LogP contribution in [0, 0.1) is 0 Å². The number of unbranched alkanes of at least 4 members (excludes halogenated alkanes) is 1. The fourth-order valence-corrected chi connectivity index (χ4v) is 1.92. The van der Waals surface area contributed by atoms with Crippen LogP contribution in [-0.4, -0.2) is 25.8 Å². The van der Waals surface area contributed by atoms with Crippen LogP contribution in [0.4, 0.5) is 0 Å². The Bertz CT molecular complexity index is 121. The van der Waals surface area contributed by atoms with Crippen LogP contribution < -0.4 is 5.32 Å². The van der Waals surface area contributed by atoms with Crippen LogP contribution >= 0.6 is 0 Å². The van der Waals surface area contributed by atoms with E-state index < -0.39 is 0 Å². The van der Waals surface area contributed by atoms with Gasteiger partial charge in [0.2, 0.25) is 0 Å². The molecule has 0 radical (unpaired) electrons. The van der Waals surface area contributed by atoms with Crippen LogP contribution in [0.5, 0.6) is 0 Å². The first kappa shape index (κ1) is 12.0. The maximum Gasteiger partial charge on any atom is 0.0575 e. The van der Waals surface area contributed by atoms with Gasteiger partial charge >= 0.3 is 0 Å². The zero-order valence-corrected chi connectivity index (χ0v) is 9.56. The summed E-state index contributed by atoms with van der Waals surface area (Å²) in [7, 11) is 0. The van der Waals surface area contributed by atoms with Gasteiger partial charge in [-0.1, -0.05) is 13.3 Å². The van der Waals surface area contributed by atoms with Crippen molar-refractivity contribution in [1.82, 2.24) is 5.32 Å². The molecule has 1 saturated heterocycles. The SMILES string of the molecule is CCCCNCCCC1CCCCO1. The van der Waals surface area contributed by atoms with E-state index in [1.807, 2.05) is 0 Å². The average Bonchev–Trinajstić information content (AvgIpc) is 2.25.